The highest BCUT2D eigenvalue weighted by Gasteiger charge is 2.53. The minimum atomic E-state index is -0.298. The molecule has 1 saturated carbocycles. The van der Waals surface area contributed by atoms with Gasteiger partial charge in [-0.3, -0.25) is 9.69 Å². The van der Waals surface area contributed by atoms with Crippen LogP contribution >= 0.6 is 0 Å². The lowest BCUT2D eigenvalue weighted by atomic mass is 9.94. The van der Waals surface area contributed by atoms with E-state index in [4.69, 9.17) is 4.74 Å². The fraction of sp³-hybridized carbons (Fsp3) is 0.500. The first kappa shape index (κ1) is 17.1. The average molecular weight is 354 g/mol. The summed E-state index contributed by atoms with van der Waals surface area (Å²) in [7, 11) is 3.69. The molecule has 2 heterocycles. The van der Waals surface area contributed by atoms with Gasteiger partial charge in [0.25, 0.3) is 0 Å². The van der Waals surface area contributed by atoms with Crippen LogP contribution < -0.4 is 4.74 Å². The summed E-state index contributed by atoms with van der Waals surface area (Å²) >= 11 is 0. The molecule has 0 bridgehead atoms. The van der Waals surface area contributed by atoms with Crippen LogP contribution in [0.1, 0.15) is 24.2 Å². The minimum Gasteiger partial charge on any atom is -0.497 e. The van der Waals surface area contributed by atoms with Gasteiger partial charge >= 0.3 is 0 Å². The molecule has 0 unspecified atom stereocenters. The molecule has 0 spiro atoms. The maximum Gasteiger partial charge on any atom is 0.233 e. The number of piperazine rings is 1. The second-order valence-corrected chi connectivity index (χ2v) is 7.33. The Bertz CT molecular complexity index is 771. The average Bonchev–Trinajstić information content (AvgIpc) is 3.40. The number of ether oxygens (including phenoxy) is 1. The molecule has 2 aliphatic rings. The van der Waals surface area contributed by atoms with E-state index in [9.17, 15) is 4.79 Å². The second kappa shape index (κ2) is 6.76. The molecule has 1 aliphatic carbocycles. The third kappa shape index (κ3) is 3.09. The first-order valence-corrected chi connectivity index (χ1v) is 9.25. The number of hydrogen-bond donors (Lipinski definition) is 0. The lowest BCUT2D eigenvalue weighted by Gasteiger charge is -2.36. The van der Waals surface area contributed by atoms with Crippen LogP contribution in [0.15, 0.2) is 36.7 Å². The van der Waals surface area contributed by atoms with E-state index in [2.05, 4.69) is 14.5 Å². The molecule has 6 nitrogen and oxygen atoms in total. The molecule has 0 N–H and O–H groups in total. The summed E-state index contributed by atoms with van der Waals surface area (Å²) in [6, 6.07) is 7.99. The highest BCUT2D eigenvalue weighted by molar-refractivity contribution is 5.91. The zero-order valence-corrected chi connectivity index (χ0v) is 15.5. The fourth-order valence-electron chi connectivity index (χ4n) is 3.82. The molecule has 2 aromatic rings. The number of imidazole rings is 1. The largest absolute Gasteiger partial charge is 0.497 e. The van der Waals surface area contributed by atoms with Crippen molar-refractivity contribution in [3.8, 4) is 5.75 Å². The van der Waals surface area contributed by atoms with Gasteiger partial charge in [-0.1, -0.05) is 12.1 Å². The quantitative estimate of drug-likeness (QED) is 0.822. The van der Waals surface area contributed by atoms with Gasteiger partial charge in [-0.2, -0.15) is 0 Å². The van der Waals surface area contributed by atoms with Crippen molar-refractivity contribution in [2.45, 2.75) is 24.8 Å². The second-order valence-electron chi connectivity index (χ2n) is 7.33. The smallest absolute Gasteiger partial charge is 0.233 e. The van der Waals surface area contributed by atoms with E-state index < -0.39 is 0 Å². The Morgan fingerprint density at radius 1 is 1.15 bits per heavy atom. The van der Waals surface area contributed by atoms with Gasteiger partial charge in [-0.15, -0.1) is 0 Å². The molecular weight excluding hydrogens is 328 g/mol. The van der Waals surface area contributed by atoms with Crippen LogP contribution in [0.3, 0.4) is 0 Å². The summed E-state index contributed by atoms with van der Waals surface area (Å²) in [5.41, 5.74) is 0.826. The molecule has 1 aromatic carbocycles. The third-order valence-corrected chi connectivity index (χ3v) is 5.75. The molecule has 0 atom stereocenters. The van der Waals surface area contributed by atoms with E-state index in [-0.39, 0.29) is 5.41 Å². The Morgan fingerprint density at radius 2 is 1.85 bits per heavy atom. The summed E-state index contributed by atoms with van der Waals surface area (Å²) in [5.74, 6) is 2.20. The first-order chi connectivity index (χ1) is 12.6. The Balaban J connectivity index is 1.38. The van der Waals surface area contributed by atoms with Gasteiger partial charge in [0.15, 0.2) is 0 Å². The number of amides is 1. The Hall–Kier alpha value is -2.34. The van der Waals surface area contributed by atoms with E-state index in [0.29, 0.717) is 5.91 Å². The molecule has 1 aliphatic heterocycles. The van der Waals surface area contributed by atoms with Crippen LogP contribution in [-0.2, 0) is 23.8 Å². The van der Waals surface area contributed by atoms with Crippen LogP contribution in [0.25, 0.3) is 0 Å². The van der Waals surface area contributed by atoms with E-state index >= 15 is 0 Å². The van der Waals surface area contributed by atoms with Gasteiger partial charge in [-0.05, 0) is 30.5 Å². The predicted molar refractivity (Wildman–Crippen MR) is 99.0 cm³/mol. The summed E-state index contributed by atoms with van der Waals surface area (Å²) < 4.78 is 7.29. The predicted octanol–water partition coefficient (Wildman–Crippen LogP) is 1.80. The summed E-state index contributed by atoms with van der Waals surface area (Å²) in [6.07, 6.45) is 5.71. The van der Waals surface area contributed by atoms with Crippen LogP contribution in [0.2, 0.25) is 0 Å². The monoisotopic (exact) mass is 354 g/mol. The Labute approximate surface area is 154 Å². The molecule has 0 radical (unpaired) electrons. The van der Waals surface area contributed by atoms with Crippen molar-refractivity contribution in [2.24, 2.45) is 7.05 Å². The highest BCUT2D eigenvalue weighted by Crippen LogP contribution is 2.50. The SMILES string of the molecule is COc1ccc(C2(C(=O)N3CCN(Cc4nccn4C)CC3)CC2)cc1. The van der Waals surface area contributed by atoms with Crippen LogP contribution in [0, 0.1) is 0 Å². The molecule has 138 valence electrons. The Morgan fingerprint density at radius 3 is 2.38 bits per heavy atom. The van der Waals surface area contributed by atoms with Crippen molar-refractivity contribution in [3.63, 3.8) is 0 Å². The highest BCUT2D eigenvalue weighted by atomic mass is 16.5. The standard InChI is InChI=1S/C20H26N4O2/c1-22-10-9-21-18(22)15-23-11-13-24(14-12-23)19(25)20(7-8-20)16-3-5-17(26-2)6-4-16/h3-6,9-10H,7-8,11-15H2,1-2H3. The fourth-order valence-corrected chi connectivity index (χ4v) is 3.82. The summed E-state index contributed by atoms with van der Waals surface area (Å²) in [5, 5.41) is 0. The van der Waals surface area contributed by atoms with Crippen molar-refractivity contribution < 1.29 is 9.53 Å². The lowest BCUT2D eigenvalue weighted by Crippen LogP contribution is -2.51. The topological polar surface area (TPSA) is 50.6 Å². The number of rotatable bonds is 5. The van der Waals surface area contributed by atoms with Crippen molar-refractivity contribution in [1.82, 2.24) is 19.4 Å². The molecule has 4 rings (SSSR count). The zero-order chi connectivity index (χ0) is 18.1. The van der Waals surface area contributed by atoms with Crippen molar-refractivity contribution in [3.05, 3.63) is 48.0 Å². The number of benzene rings is 1. The number of nitrogens with zero attached hydrogens (tertiary/aromatic N) is 4. The molecule has 26 heavy (non-hydrogen) atoms. The number of carbonyl (C=O) groups excluding carboxylic acids is 1. The van der Waals surface area contributed by atoms with Crippen molar-refractivity contribution in [2.75, 3.05) is 33.3 Å². The van der Waals surface area contributed by atoms with Gasteiger partial charge in [-0.25, -0.2) is 4.98 Å². The van der Waals surface area contributed by atoms with Crippen LogP contribution in [0.4, 0.5) is 0 Å². The van der Waals surface area contributed by atoms with Crippen molar-refractivity contribution >= 4 is 5.91 Å². The molecule has 2 fully saturated rings. The van der Waals surface area contributed by atoms with Crippen LogP contribution in [0.5, 0.6) is 5.75 Å². The van der Waals surface area contributed by atoms with Gasteiger partial charge in [0.1, 0.15) is 11.6 Å². The molecule has 6 heteroatoms. The normalized spacial score (nSPS) is 19.4. The van der Waals surface area contributed by atoms with Gasteiger partial charge in [0.2, 0.25) is 5.91 Å². The third-order valence-electron chi connectivity index (χ3n) is 5.75. The van der Waals surface area contributed by atoms with E-state index in [0.717, 1.165) is 62.7 Å². The first-order valence-electron chi connectivity index (χ1n) is 9.25. The van der Waals surface area contributed by atoms with E-state index in [1.807, 2.05) is 48.6 Å². The number of carbonyl (C=O) groups is 1. The lowest BCUT2D eigenvalue weighted by molar-refractivity contribution is -0.135. The molecule has 1 saturated heterocycles. The number of aryl methyl sites for hydroxylation is 1. The number of methoxy groups -OCH3 is 1. The number of hydrogen-bond acceptors (Lipinski definition) is 4. The van der Waals surface area contributed by atoms with Gasteiger partial charge in [0, 0.05) is 45.6 Å². The summed E-state index contributed by atoms with van der Waals surface area (Å²) in [6.45, 7) is 4.23. The molecule has 1 amide bonds. The van der Waals surface area contributed by atoms with E-state index in [1.165, 1.54) is 0 Å². The van der Waals surface area contributed by atoms with Gasteiger partial charge < -0.3 is 14.2 Å². The summed E-state index contributed by atoms with van der Waals surface area (Å²) in [4.78, 5) is 22.0. The van der Waals surface area contributed by atoms with Crippen LogP contribution in [-0.4, -0.2) is 58.5 Å². The molecule has 1 aromatic heterocycles. The maximum absolute atomic E-state index is 13.2. The minimum absolute atomic E-state index is 0.291. The maximum atomic E-state index is 13.2. The zero-order valence-electron chi connectivity index (χ0n) is 15.5. The molecular formula is C20H26N4O2. The van der Waals surface area contributed by atoms with Crippen molar-refractivity contribution in [1.29, 1.82) is 0 Å². The number of aromatic nitrogens is 2. The Kier molecular flexibility index (Phi) is 4.44. The van der Waals surface area contributed by atoms with Gasteiger partial charge in [0.05, 0.1) is 19.1 Å². The van der Waals surface area contributed by atoms with E-state index in [1.54, 1.807) is 7.11 Å².